The molecular weight excluding hydrogens is 436 g/mol. The summed E-state index contributed by atoms with van der Waals surface area (Å²) in [5.74, 6) is -1.16. The molecule has 34 heavy (non-hydrogen) atoms. The lowest BCUT2D eigenvalue weighted by Crippen LogP contribution is -2.50. The van der Waals surface area contributed by atoms with E-state index in [1.54, 1.807) is 47.8 Å². The minimum absolute atomic E-state index is 0.0132. The van der Waals surface area contributed by atoms with Gasteiger partial charge in [-0.15, -0.1) is 0 Å². The van der Waals surface area contributed by atoms with Gasteiger partial charge in [-0.2, -0.15) is 0 Å². The summed E-state index contributed by atoms with van der Waals surface area (Å²) < 4.78 is 0. The third kappa shape index (κ3) is 3.93. The second-order valence-electron chi connectivity index (χ2n) is 8.07. The van der Waals surface area contributed by atoms with E-state index >= 15 is 0 Å². The number of hydrazine groups is 2. The third-order valence-electron chi connectivity index (χ3n) is 5.88. The number of Topliss-reactive ketones (excluding diaryl/α,β-unsaturated/α-hetero) is 2. The molecule has 0 bridgehead atoms. The smallest absolute Gasteiger partial charge is 0.339 e. The summed E-state index contributed by atoms with van der Waals surface area (Å²) in [5.41, 5.74) is 7.75. The second kappa shape index (κ2) is 8.87. The van der Waals surface area contributed by atoms with E-state index in [0.29, 0.717) is 18.5 Å². The topological polar surface area (TPSA) is 111 Å². The Balaban J connectivity index is 1.41. The largest absolute Gasteiger partial charge is 0.478 e. The van der Waals surface area contributed by atoms with Gasteiger partial charge < -0.3 is 9.94 Å². The number of aromatic carboxylic acids is 1. The highest BCUT2D eigenvalue weighted by Gasteiger charge is 2.32. The summed E-state index contributed by atoms with van der Waals surface area (Å²) in [6, 6.07) is 3.55. The first-order chi connectivity index (χ1) is 16.5. The number of anilines is 1. The molecule has 4 aliphatic rings. The molecule has 0 radical (unpaired) electrons. The van der Waals surface area contributed by atoms with E-state index in [2.05, 4.69) is 11.0 Å². The van der Waals surface area contributed by atoms with Crippen LogP contribution in [0, 0.1) is 0 Å². The van der Waals surface area contributed by atoms with Crippen molar-refractivity contribution >= 4 is 23.2 Å². The Kier molecular flexibility index (Phi) is 5.60. The Morgan fingerprint density at radius 1 is 0.941 bits per heavy atom. The number of allylic oxidation sites excluding steroid dienone is 6. The standard InChI is InChI=1S/C25H22N4O5/c30-20-12-1-6-16-8-4-14-28(22(16)20)26-19-11-3-10-18(25(32)33)24(19)34-27-29-15-5-9-17-7-2-13-21(31)23(17)29/h1-11,14-15,22-23,26-27H,12-13H2,(H,32,33). The number of benzene rings is 1. The molecule has 1 aromatic carbocycles. The highest BCUT2D eigenvalue weighted by molar-refractivity contribution is 5.94. The van der Waals surface area contributed by atoms with Gasteiger partial charge in [-0.25, -0.2) is 4.79 Å². The van der Waals surface area contributed by atoms with Crippen molar-refractivity contribution in [3.63, 3.8) is 0 Å². The number of hydrogen-bond donors (Lipinski definition) is 3. The molecule has 0 spiro atoms. The molecule has 9 nitrogen and oxygen atoms in total. The van der Waals surface area contributed by atoms with Gasteiger partial charge in [-0.3, -0.25) is 25.0 Å². The molecule has 0 saturated carbocycles. The number of hydrogen-bond acceptors (Lipinski definition) is 8. The number of carboxylic acid groups (broad SMARTS) is 1. The number of carbonyl (C=O) groups excluding carboxylic acids is 2. The number of carboxylic acids is 1. The van der Waals surface area contributed by atoms with Gasteiger partial charge >= 0.3 is 5.97 Å². The molecule has 3 N–H and O–H groups in total. The normalized spacial score (nSPS) is 22.7. The Morgan fingerprint density at radius 2 is 1.56 bits per heavy atom. The third-order valence-corrected chi connectivity index (χ3v) is 5.88. The van der Waals surface area contributed by atoms with Crippen LogP contribution in [0.3, 0.4) is 0 Å². The van der Waals surface area contributed by atoms with Crippen LogP contribution in [0.5, 0.6) is 5.75 Å². The second-order valence-corrected chi connectivity index (χ2v) is 8.07. The first-order valence-corrected chi connectivity index (χ1v) is 10.8. The highest BCUT2D eigenvalue weighted by Crippen LogP contribution is 2.32. The quantitative estimate of drug-likeness (QED) is 0.554. The monoisotopic (exact) mass is 458 g/mol. The average molecular weight is 458 g/mol. The lowest BCUT2D eigenvalue weighted by atomic mass is 9.92. The molecule has 2 aliphatic heterocycles. The molecular formula is C25H22N4O5. The fraction of sp³-hybridized carbons (Fsp3) is 0.160. The molecule has 2 atom stereocenters. The molecule has 9 heteroatoms. The van der Waals surface area contributed by atoms with Crippen LogP contribution in [0.4, 0.5) is 5.69 Å². The van der Waals surface area contributed by atoms with Crippen LogP contribution in [-0.2, 0) is 9.59 Å². The molecule has 0 saturated heterocycles. The number of para-hydroxylation sites is 1. The summed E-state index contributed by atoms with van der Waals surface area (Å²) in [5, 5.41) is 12.9. The molecule has 5 rings (SSSR count). The van der Waals surface area contributed by atoms with Crippen molar-refractivity contribution in [2.24, 2.45) is 0 Å². The number of ketones is 2. The lowest BCUT2D eigenvalue weighted by molar-refractivity contribution is -0.125. The highest BCUT2D eigenvalue weighted by atomic mass is 16.7. The average Bonchev–Trinajstić information content (AvgIpc) is 2.83. The van der Waals surface area contributed by atoms with E-state index < -0.39 is 18.1 Å². The van der Waals surface area contributed by atoms with Crippen LogP contribution in [0.15, 0.2) is 90.4 Å². The molecule has 2 unspecified atom stereocenters. The molecule has 0 fully saturated rings. The number of carbonyl (C=O) groups is 3. The van der Waals surface area contributed by atoms with Crippen LogP contribution >= 0.6 is 0 Å². The van der Waals surface area contributed by atoms with Gasteiger partial charge in [-0.1, -0.05) is 48.1 Å². The minimum Gasteiger partial charge on any atom is -0.478 e. The maximum atomic E-state index is 12.6. The summed E-state index contributed by atoms with van der Waals surface area (Å²) in [6.07, 6.45) is 18.7. The fourth-order valence-electron chi connectivity index (χ4n) is 4.32. The Morgan fingerprint density at radius 3 is 2.21 bits per heavy atom. The summed E-state index contributed by atoms with van der Waals surface area (Å²) in [7, 11) is 0. The van der Waals surface area contributed by atoms with Gasteiger partial charge in [0.25, 0.3) is 0 Å². The van der Waals surface area contributed by atoms with Crippen LogP contribution < -0.4 is 15.9 Å². The van der Waals surface area contributed by atoms with E-state index in [1.807, 2.05) is 30.4 Å². The zero-order chi connectivity index (χ0) is 23.7. The van der Waals surface area contributed by atoms with E-state index in [0.717, 1.165) is 11.1 Å². The van der Waals surface area contributed by atoms with E-state index in [4.69, 9.17) is 4.84 Å². The molecule has 0 amide bonds. The van der Waals surface area contributed by atoms with Gasteiger partial charge in [-0.05, 0) is 35.4 Å². The number of fused-ring (bicyclic) bond motifs is 2. The van der Waals surface area contributed by atoms with Gasteiger partial charge in [0.15, 0.2) is 17.3 Å². The van der Waals surface area contributed by atoms with Crippen molar-refractivity contribution in [3.8, 4) is 5.75 Å². The van der Waals surface area contributed by atoms with Crippen LogP contribution in [-0.4, -0.2) is 44.7 Å². The minimum atomic E-state index is -1.18. The van der Waals surface area contributed by atoms with Crippen molar-refractivity contribution in [1.29, 1.82) is 0 Å². The molecule has 1 aromatic rings. The van der Waals surface area contributed by atoms with Gasteiger partial charge in [0.1, 0.15) is 17.6 Å². The number of nitrogens with zero attached hydrogens (tertiary/aromatic N) is 2. The molecule has 2 heterocycles. The van der Waals surface area contributed by atoms with E-state index in [9.17, 15) is 19.5 Å². The Hall–Kier alpha value is -4.37. The van der Waals surface area contributed by atoms with Gasteiger partial charge in [0.2, 0.25) is 0 Å². The first kappa shape index (κ1) is 21.5. The fourth-order valence-corrected chi connectivity index (χ4v) is 4.32. The predicted molar refractivity (Wildman–Crippen MR) is 124 cm³/mol. The van der Waals surface area contributed by atoms with Gasteiger partial charge in [0, 0.05) is 25.2 Å². The maximum Gasteiger partial charge on any atom is 0.339 e. The van der Waals surface area contributed by atoms with Crippen LogP contribution in [0.1, 0.15) is 23.2 Å². The SMILES string of the molecule is O=C(O)c1cccc(NN2C=CC=C3C=CCC(=O)C32)c1ONN1C=CC=C2C=CCC(=O)C21. The molecule has 172 valence electrons. The van der Waals surface area contributed by atoms with Gasteiger partial charge in [0.05, 0.1) is 5.69 Å². The van der Waals surface area contributed by atoms with Crippen molar-refractivity contribution in [1.82, 2.24) is 15.6 Å². The predicted octanol–water partition coefficient (Wildman–Crippen LogP) is 2.82. The Bertz CT molecular complexity index is 1240. The summed E-state index contributed by atoms with van der Waals surface area (Å²) in [6.45, 7) is 0. The number of rotatable bonds is 6. The van der Waals surface area contributed by atoms with Crippen molar-refractivity contribution in [2.75, 3.05) is 5.43 Å². The molecule has 2 aliphatic carbocycles. The first-order valence-electron chi connectivity index (χ1n) is 10.8. The van der Waals surface area contributed by atoms with Crippen LogP contribution in [0.2, 0.25) is 0 Å². The summed E-state index contributed by atoms with van der Waals surface area (Å²) >= 11 is 0. The maximum absolute atomic E-state index is 12.6. The van der Waals surface area contributed by atoms with Crippen LogP contribution in [0.25, 0.3) is 0 Å². The summed E-state index contributed by atoms with van der Waals surface area (Å²) in [4.78, 5) is 42.8. The van der Waals surface area contributed by atoms with Crippen molar-refractivity contribution in [3.05, 3.63) is 95.9 Å². The zero-order valence-corrected chi connectivity index (χ0v) is 18.0. The molecule has 0 aromatic heterocycles. The lowest BCUT2D eigenvalue weighted by Gasteiger charge is -2.36. The number of nitrogens with one attached hydrogen (secondary N) is 2. The van der Waals surface area contributed by atoms with E-state index in [1.165, 1.54) is 11.1 Å². The van der Waals surface area contributed by atoms with Crippen molar-refractivity contribution in [2.45, 2.75) is 24.9 Å². The van der Waals surface area contributed by atoms with E-state index in [-0.39, 0.29) is 22.9 Å². The van der Waals surface area contributed by atoms with Crippen molar-refractivity contribution < 1.29 is 24.3 Å². The zero-order valence-electron chi connectivity index (χ0n) is 18.0. The Labute approximate surface area is 195 Å².